The van der Waals surface area contributed by atoms with E-state index in [1.807, 2.05) is 25.1 Å². The average Bonchev–Trinajstić information content (AvgIpc) is 2.45. The first-order chi connectivity index (χ1) is 9.58. The number of rotatable bonds is 3. The first-order valence-corrected chi connectivity index (χ1v) is 7.19. The standard InChI is InChI=1S/C15H21N3OS/c1-12(2)11-16-15(20)18-9-7-17(8-10-18)13-5-3-4-6-14(13)19/h3-6,19H,1,7-11H2,2H3,(H,16,20). The third-order valence-corrected chi connectivity index (χ3v) is 3.73. The summed E-state index contributed by atoms with van der Waals surface area (Å²) in [5.74, 6) is 0.337. The number of para-hydroxylation sites is 2. The molecule has 0 bridgehead atoms. The van der Waals surface area contributed by atoms with Gasteiger partial charge < -0.3 is 20.2 Å². The molecule has 108 valence electrons. The predicted molar refractivity (Wildman–Crippen MR) is 87.3 cm³/mol. The molecular weight excluding hydrogens is 270 g/mol. The van der Waals surface area contributed by atoms with Crippen molar-refractivity contribution in [1.29, 1.82) is 0 Å². The molecule has 0 aromatic heterocycles. The van der Waals surface area contributed by atoms with Crippen LogP contribution in [0.3, 0.4) is 0 Å². The largest absolute Gasteiger partial charge is 0.506 e. The Kier molecular flexibility index (Phi) is 4.84. The van der Waals surface area contributed by atoms with Gasteiger partial charge in [-0.1, -0.05) is 24.3 Å². The van der Waals surface area contributed by atoms with E-state index < -0.39 is 0 Å². The van der Waals surface area contributed by atoms with Crippen molar-refractivity contribution in [3.8, 4) is 5.75 Å². The lowest BCUT2D eigenvalue weighted by Gasteiger charge is -2.37. The normalized spacial score (nSPS) is 15.1. The fourth-order valence-electron chi connectivity index (χ4n) is 2.22. The minimum absolute atomic E-state index is 0.337. The van der Waals surface area contributed by atoms with Crippen LogP contribution in [0.5, 0.6) is 5.75 Å². The molecular formula is C15H21N3OS. The van der Waals surface area contributed by atoms with Crippen molar-refractivity contribution in [1.82, 2.24) is 10.2 Å². The Morgan fingerprint density at radius 3 is 2.55 bits per heavy atom. The zero-order valence-electron chi connectivity index (χ0n) is 11.8. The molecule has 2 N–H and O–H groups in total. The second-order valence-electron chi connectivity index (χ2n) is 5.08. The van der Waals surface area contributed by atoms with Gasteiger partial charge >= 0.3 is 0 Å². The van der Waals surface area contributed by atoms with Crippen LogP contribution >= 0.6 is 12.2 Å². The molecule has 1 aliphatic heterocycles. The van der Waals surface area contributed by atoms with Gasteiger partial charge in [-0.2, -0.15) is 0 Å². The van der Waals surface area contributed by atoms with Gasteiger partial charge in [0.25, 0.3) is 0 Å². The number of thiocarbonyl (C=S) groups is 1. The van der Waals surface area contributed by atoms with E-state index >= 15 is 0 Å². The summed E-state index contributed by atoms with van der Waals surface area (Å²) in [7, 11) is 0. The summed E-state index contributed by atoms with van der Waals surface area (Å²) in [5.41, 5.74) is 1.97. The van der Waals surface area contributed by atoms with Gasteiger partial charge in [-0.3, -0.25) is 0 Å². The molecule has 1 aromatic rings. The van der Waals surface area contributed by atoms with Gasteiger partial charge in [-0.05, 0) is 31.3 Å². The van der Waals surface area contributed by atoms with E-state index in [2.05, 4.69) is 21.7 Å². The molecule has 0 atom stereocenters. The van der Waals surface area contributed by atoms with Gasteiger partial charge in [-0.25, -0.2) is 0 Å². The van der Waals surface area contributed by atoms with Gasteiger partial charge in [0, 0.05) is 32.7 Å². The maximum Gasteiger partial charge on any atom is 0.169 e. The molecule has 0 aliphatic carbocycles. The van der Waals surface area contributed by atoms with Gasteiger partial charge in [0.1, 0.15) is 5.75 Å². The van der Waals surface area contributed by atoms with Crippen LogP contribution in [0.2, 0.25) is 0 Å². The van der Waals surface area contributed by atoms with Crippen LogP contribution < -0.4 is 10.2 Å². The Morgan fingerprint density at radius 1 is 1.30 bits per heavy atom. The summed E-state index contributed by atoms with van der Waals surface area (Å²) in [4.78, 5) is 4.35. The molecule has 1 aromatic carbocycles. The summed E-state index contributed by atoms with van der Waals surface area (Å²) < 4.78 is 0. The maximum absolute atomic E-state index is 9.88. The van der Waals surface area contributed by atoms with Crippen molar-refractivity contribution in [2.75, 3.05) is 37.6 Å². The highest BCUT2D eigenvalue weighted by Crippen LogP contribution is 2.27. The fraction of sp³-hybridized carbons (Fsp3) is 0.400. The summed E-state index contributed by atoms with van der Waals surface area (Å²) in [5, 5.41) is 13.9. The molecule has 1 fully saturated rings. The van der Waals surface area contributed by atoms with Gasteiger partial charge in [0.2, 0.25) is 0 Å². The number of hydrogen-bond acceptors (Lipinski definition) is 3. The van der Waals surface area contributed by atoms with Crippen molar-refractivity contribution in [2.24, 2.45) is 0 Å². The monoisotopic (exact) mass is 291 g/mol. The second kappa shape index (κ2) is 6.61. The number of aromatic hydroxyl groups is 1. The highest BCUT2D eigenvalue weighted by atomic mass is 32.1. The number of nitrogens with zero attached hydrogens (tertiary/aromatic N) is 2. The number of piperazine rings is 1. The first kappa shape index (κ1) is 14.7. The lowest BCUT2D eigenvalue weighted by atomic mass is 10.2. The third kappa shape index (κ3) is 3.63. The number of phenols is 1. The molecule has 1 heterocycles. The average molecular weight is 291 g/mol. The van der Waals surface area contributed by atoms with Crippen LogP contribution in [0.1, 0.15) is 6.92 Å². The molecule has 0 amide bonds. The molecule has 0 unspecified atom stereocenters. The zero-order chi connectivity index (χ0) is 14.5. The van der Waals surface area contributed by atoms with Crippen molar-refractivity contribution < 1.29 is 5.11 Å². The van der Waals surface area contributed by atoms with Crippen LogP contribution in [0.15, 0.2) is 36.4 Å². The lowest BCUT2D eigenvalue weighted by molar-refractivity contribution is 0.378. The van der Waals surface area contributed by atoms with E-state index in [1.165, 1.54) is 0 Å². The Bertz CT molecular complexity index is 496. The Morgan fingerprint density at radius 2 is 1.95 bits per heavy atom. The van der Waals surface area contributed by atoms with Crippen LogP contribution in [0.25, 0.3) is 0 Å². The highest BCUT2D eigenvalue weighted by molar-refractivity contribution is 7.80. The minimum atomic E-state index is 0.337. The first-order valence-electron chi connectivity index (χ1n) is 6.78. The highest BCUT2D eigenvalue weighted by Gasteiger charge is 2.20. The zero-order valence-corrected chi connectivity index (χ0v) is 12.6. The number of phenolic OH excluding ortho intramolecular Hbond substituents is 1. The molecule has 4 nitrogen and oxygen atoms in total. The molecule has 0 radical (unpaired) electrons. The fourth-order valence-corrected chi connectivity index (χ4v) is 2.48. The van der Waals surface area contributed by atoms with E-state index in [1.54, 1.807) is 6.07 Å². The van der Waals surface area contributed by atoms with Crippen LogP contribution in [-0.4, -0.2) is 47.8 Å². The smallest absolute Gasteiger partial charge is 0.169 e. The summed E-state index contributed by atoms with van der Waals surface area (Å²) in [6.07, 6.45) is 0. The number of hydrogen-bond donors (Lipinski definition) is 2. The lowest BCUT2D eigenvalue weighted by Crippen LogP contribution is -2.52. The van der Waals surface area contributed by atoms with E-state index in [4.69, 9.17) is 12.2 Å². The maximum atomic E-state index is 9.88. The van der Waals surface area contributed by atoms with Crippen molar-refractivity contribution in [3.63, 3.8) is 0 Å². The topological polar surface area (TPSA) is 38.7 Å². The quantitative estimate of drug-likeness (QED) is 0.658. The molecule has 0 spiro atoms. The van der Waals surface area contributed by atoms with Gasteiger partial charge in [0.05, 0.1) is 5.69 Å². The van der Waals surface area contributed by atoms with Crippen molar-refractivity contribution in [3.05, 3.63) is 36.4 Å². The van der Waals surface area contributed by atoms with E-state index in [0.717, 1.165) is 49.1 Å². The SMILES string of the molecule is C=C(C)CNC(=S)N1CCN(c2ccccc2O)CC1. The Labute approximate surface area is 125 Å². The van der Waals surface area contributed by atoms with Gasteiger partial charge in [-0.15, -0.1) is 0 Å². The minimum Gasteiger partial charge on any atom is -0.506 e. The predicted octanol–water partition coefficient (Wildman–Crippen LogP) is 1.96. The molecule has 1 saturated heterocycles. The van der Waals surface area contributed by atoms with Crippen molar-refractivity contribution in [2.45, 2.75) is 6.92 Å². The molecule has 0 saturated carbocycles. The van der Waals surface area contributed by atoms with Crippen LogP contribution in [0.4, 0.5) is 5.69 Å². The van der Waals surface area contributed by atoms with Crippen LogP contribution in [0, 0.1) is 0 Å². The van der Waals surface area contributed by atoms with E-state index in [-0.39, 0.29) is 0 Å². The number of nitrogens with one attached hydrogen (secondary N) is 1. The van der Waals surface area contributed by atoms with Gasteiger partial charge in [0.15, 0.2) is 5.11 Å². The summed E-state index contributed by atoms with van der Waals surface area (Å²) >= 11 is 5.38. The van der Waals surface area contributed by atoms with E-state index in [9.17, 15) is 5.11 Å². The van der Waals surface area contributed by atoms with Crippen molar-refractivity contribution >= 4 is 23.0 Å². The van der Waals surface area contributed by atoms with Crippen LogP contribution in [-0.2, 0) is 0 Å². The second-order valence-corrected chi connectivity index (χ2v) is 5.47. The molecule has 5 heteroatoms. The molecule has 20 heavy (non-hydrogen) atoms. The number of anilines is 1. The molecule has 1 aliphatic rings. The summed E-state index contributed by atoms with van der Waals surface area (Å²) in [6.45, 7) is 9.98. The summed E-state index contributed by atoms with van der Waals surface area (Å²) in [6, 6.07) is 7.45. The third-order valence-electron chi connectivity index (χ3n) is 3.33. The molecule has 2 rings (SSSR count). The Hall–Kier alpha value is -1.75. The van der Waals surface area contributed by atoms with E-state index in [0.29, 0.717) is 5.75 Å². The number of benzene rings is 1. The Balaban J connectivity index is 1.88.